The molecule has 0 heterocycles. The first kappa shape index (κ1) is 12.4. The van der Waals surface area contributed by atoms with E-state index >= 15 is 0 Å². The summed E-state index contributed by atoms with van der Waals surface area (Å²) in [5.41, 5.74) is 8.03. The third-order valence-corrected chi connectivity index (χ3v) is 3.28. The number of rotatable bonds is 7. The summed E-state index contributed by atoms with van der Waals surface area (Å²) in [4.78, 5) is 0. The number of aryl methyl sites for hydroxylation is 1. The van der Waals surface area contributed by atoms with E-state index in [4.69, 9.17) is 10.5 Å². The van der Waals surface area contributed by atoms with Crippen LogP contribution in [0.15, 0.2) is 24.3 Å². The van der Waals surface area contributed by atoms with Crippen LogP contribution in [-0.2, 0) is 11.2 Å². The maximum atomic E-state index is 5.85. The Hall–Kier alpha value is -0.670. The number of hydrogen-bond acceptors (Lipinski definition) is 3. The first-order valence-corrected chi connectivity index (χ1v) is 6.40. The number of methoxy groups -OCH3 is 1. The Morgan fingerprint density at radius 3 is 2.80 bits per heavy atom. The molecule has 84 valence electrons. The van der Waals surface area contributed by atoms with Crippen molar-refractivity contribution in [3.05, 3.63) is 29.8 Å². The predicted molar refractivity (Wildman–Crippen MR) is 68.4 cm³/mol. The molecule has 0 fully saturated rings. The van der Waals surface area contributed by atoms with E-state index in [9.17, 15) is 0 Å². The van der Waals surface area contributed by atoms with Crippen molar-refractivity contribution in [2.75, 3.05) is 31.0 Å². The molecule has 0 amide bonds. The molecule has 0 aliphatic carbocycles. The van der Waals surface area contributed by atoms with Crippen LogP contribution in [-0.4, -0.2) is 25.2 Å². The molecular weight excluding hydrogens is 206 g/mol. The second-order valence-electron chi connectivity index (χ2n) is 3.41. The van der Waals surface area contributed by atoms with Gasteiger partial charge in [-0.3, -0.25) is 0 Å². The van der Waals surface area contributed by atoms with E-state index in [0.717, 1.165) is 30.9 Å². The molecule has 0 aliphatic rings. The summed E-state index contributed by atoms with van der Waals surface area (Å²) in [5, 5.41) is 0. The average Bonchev–Trinajstić information content (AvgIpc) is 2.25. The molecular formula is C12H19NOS. The lowest BCUT2D eigenvalue weighted by molar-refractivity contribution is 0.200. The van der Waals surface area contributed by atoms with Gasteiger partial charge >= 0.3 is 0 Å². The summed E-state index contributed by atoms with van der Waals surface area (Å²) in [6.45, 7) is 0.862. The Morgan fingerprint density at radius 1 is 1.27 bits per heavy atom. The van der Waals surface area contributed by atoms with Crippen LogP contribution >= 0.6 is 11.8 Å². The Balaban J connectivity index is 2.12. The normalized spacial score (nSPS) is 10.5. The van der Waals surface area contributed by atoms with E-state index in [2.05, 4.69) is 6.07 Å². The zero-order valence-corrected chi connectivity index (χ0v) is 10.1. The van der Waals surface area contributed by atoms with Crippen LogP contribution in [0.4, 0.5) is 5.69 Å². The van der Waals surface area contributed by atoms with Crippen molar-refractivity contribution in [1.29, 1.82) is 0 Å². The van der Waals surface area contributed by atoms with Crippen molar-refractivity contribution in [2.24, 2.45) is 0 Å². The Bertz CT molecular complexity index is 278. The van der Waals surface area contributed by atoms with Crippen LogP contribution in [0.2, 0.25) is 0 Å². The number of benzene rings is 1. The Morgan fingerprint density at radius 2 is 2.07 bits per heavy atom. The Labute approximate surface area is 96.2 Å². The van der Waals surface area contributed by atoms with Gasteiger partial charge in [-0.25, -0.2) is 0 Å². The summed E-state index contributed by atoms with van der Waals surface area (Å²) >= 11 is 1.96. The number of hydrogen-bond donors (Lipinski definition) is 1. The van der Waals surface area contributed by atoms with E-state index < -0.39 is 0 Å². The van der Waals surface area contributed by atoms with Crippen molar-refractivity contribution in [1.82, 2.24) is 0 Å². The lowest BCUT2D eigenvalue weighted by Crippen LogP contribution is -1.97. The van der Waals surface area contributed by atoms with Crippen molar-refractivity contribution < 1.29 is 4.74 Å². The van der Waals surface area contributed by atoms with Crippen molar-refractivity contribution in [3.63, 3.8) is 0 Å². The minimum Gasteiger partial charge on any atom is -0.399 e. The monoisotopic (exact) mass is 225 g/mol. The van der Waals surface area contributed by atoms with Crippen LogP contribution < -0.4 is 5.73 Å². The second-order valence-corrected chi connectivity index (χ2v) is 4.63. The molecule has 0 atom stereocenters. The molecule has 15 heavy (non-hydrogen) atoms. The average molecular weight is 225 g/mol. The number of nitrogen functional groups attached to an aromatic ring is 1. The van der Waals surface area contributed by atoms with Crippen molar-refractivity contribution in [2.45, 2.75) is 12.8 Å². The number of para-hydroxylation sites is 1. The van der Waals surface area contributed by atoms with Crippen molar-refractivity contribution in [3.8, 4) is 0 Å². The largest absolute Gasteiger partial charge is 0.399 e. The molecule has 0 radical (unpaired) electrons. The topological polar surface area (TPSA) is 35.2 Å². The highest BCUT2D eigenvalue weighted by Gasteiger charge is 1.97. The molecule has 2 nitrogen and oxygen atoms in total. The molecule has 3 heteroatoms. The SMILES string of the molecule is COCCCSCCc1ccccc1N. The minimum absolute atomic E-state index is 0.862. The van der Waals surface area contributed by atoms with Gasteiger partial charge in [0.15, 0.2) is 0 Å². The number of anilines is 1. The molecule has 0 aromatic heterocycles. The number of nitrogens with two attached hydrogens (primary N) is 1. The standard InChI is InChI=1S/C12H19NOS/c1-14-8-4-9-15-10-7-11-5-2-3-6-12(11)13/h2-3,5-6H,4,7-10,13H2,1H3. The summed E-state index contributed by atoms with van der Waals surface area (Å²) in [5.74, 6) is 2.30. The zero-order chi connectivity index (χ0) is 10.9. The summed E-state index contributed by atoms with van der Waals surface area (Å²) in [6.07, 6.45) is 2.19. The van der Waals surface area contributed by atoms with Crippen LogP contribution in [0.5, 0.6) is 0 Å². The van der Waals surface area contributed by atoms with Gasteiger partial charge in [-0.1, -0.05) is 18.2 Å². The van der Waals surface area contributed by atoms with Gasteiger partial charge in [0.1, 0.15) is 0 Å². The molecule has 1 aromatic rings. The number of thioether (sulfide) groups is 1. The van der Waals surface area contributed by atoms with Gasteiger partial charge in [0.05, 0.1) is 0 Å². The van der Waals surface area contributed by atoms with Crippen LogP contribution in [0.3, 0.4) is 0 Å². The maximum absolute atomic E-state index is 5.85. The fraction of sp³-hybridized carbons (Fsp3) is 0.500. The van der Waals surface area contributed by atoms with Crippen LogP contribution in [0.1, 0.15) is 12.0 Å². The Kier molecular flexibility index (Phi) is 6.28. The van der Waals surface area contributed by atoms with E-state index in [1.165, 1.54) is 11.3 Å². The van der Waals surface area contributed by atoms with Crippen LogP contribution in [0, 0.1) is 0 Å². The molecule has 0 aliphatic heterocycles. The minimum atomic E-state index is 0.862. The highest BCUT2D eigenvalue weighted by Crippen LogP contribution is 2.14. The predicted octanol–water partition coefficient (Wildman–Crippen LogP) is 2.58. The van der Waals surface area contributed by atoms with E-state index in [-0.39, 0.29) is 0 Å². The van der Waals surface area contributed by atoms with Gasteiger partial charge < -0.3 is 10.5 Å². The molecule has 0 spiro atoms. The summed E-state index contributed by atoms with van der Waals surface area (Å²) in [6, 6.07) is 8.09. The lowest BCUT2D eigenvalue weighted by atomic mass is 10.1. The first-order valence-electron chi connectivity index (χ1n) is 5.24. The van der Waals surface area contributed by atoms with Crippen LogP contribution in [0.25, 0.3) is 0 Å². The van der Waals surface area contributed by atoms with Crippen molar-refractivity contribution >= 4 is 17.4 Å². The summed E-state index contributed by atoms with van der Waals surface area (Å²) < 4.78 is 4.99. The molecule has 0 saturated heterocycles. The quantitative estimate of drug-likeness (QED) is 0.572. The van der Waals surface area contributed by atoms with Gasteiger partial charge in [0.2, 0.25) is 0 Å². The van der Waals surface area contributed by atoms with Gasteiger partial charge in [-0.15, -0.1) is 0 Å². The van der Waals surface area contributed by atoms with E-state index in [0.29, 0.717) is 0 Å². The molecule has 1 aromatic carbocycles. The fourth-order valence-electron chi connectivity index (χ4n) is 1.35. The van der Waals surface area contributed by atoms with E-state index in [1.807, 2.05) is 30.0 Å². The van der Waals surface area contributed by atoms with E-state index in [1.54, 1.807) is 7.11 Å². The maximum Gasteiger partial charge on any atom is 0.0470 e. The third kappa shape index (κ3) is 5.09. The zero-order valence-electron chi connectivity index (χ0n) is 9.24. The third-order valence-electron chi connectivity index (χ3n) is 2.21. The highest BCUT2D eigenvalue weighted by atomic mass is 32.2. The van der Waals surface area contributed by atoms with Gasteiger partial charge in [0, 0.05) is 19.4 Å². The fourth-order valence-corrected chi connectivity index (χ4v) is 2.24. The molecule has 0 saturated carbocycles. The number of ether oxygens (including phenoxy) is 1. The molecule has 1 rings (SSSR count). The lowest BCUT2D eigenvalue weighted by Gasteiger charge is -2.04. The van der Waals surface area contributed by atoms with Gasteiger partial charge in [-0.05, 0) is 36.0 Å². The first-order chi connectivity index (χ1) is 7.34. The summed E-state index contributed by atoms with van der Waals surface area (Å²) in [7, 11) is 1.75. The smallest absolute Gasteiger partial charge is 0.0470 e. The second kappa shape index (κ2) is 7.60. The van der Waals surface area contributed by atoms with Gasteiger partial charge in [0.25, 0.3) is 0 Å². The molecule has 0 unspecified atom stereocenters. The molecule has 0 bridgehead atoms. The van der Waals surface area contributed by atoms with Gasteiger partial charge in [-0.2, -0.15) is 11.8 Å². The highest BCUT2D eigenvalue weighted by molar-refractivity contribution is 7.99. The molecule has 2 N–H and O–H groups in total.